The molecule has 1 saturated carbocycles. The van der Waals surface area contributed by atoms with Gasteiger partial charge in [-0.1, -0.05) is 0 Å². The third kappa shape index (κ3) is 8.12. The van der Waals surface area contributed by atoms with E-state index in [2.05, 4.69) is 25.8 Å². The predicted octanol–water partition coefficient (Wildman–Crippen LogP) is 4.93. The molecule has 3 aromatic heterocycles. The van der Waals surface area contributed by atoms with Gasteiger partial charge in [0.05, 0.1) is 35.2 Å². The SMILES string of the molecule is O=C(N[C@H](c1cn2nc(C[C@H]3C[C@@H](C(F)(F)F)CNC3=O)c(C3CCOCC3)nc2n1)C1CCC(F)(F)CC1)c1ccnn1CC(F)(F)F. The normalized spacial score (nSPS) is 23.4. The van der Waals surface area contributed by atoms with E-state index < -0.39 is 91.9 Å². The molecule has 0 radical (unpaired) electrons. The largest absolute Gasteiger partial charge is 0.408 e. The zero-order valence-corrected chi connectivity index (χ0v) is 26.0. The summed E-state index contributed by atoms with van der Waals surface area (Å²) in [6, 6.07) is 0.0740. The predicted molar refractivity (Wildman–Crippen MR) is 153 cm³/mol. The number of nitrogens with one attached hydrogen (secondary N) is 2. The molecule has 19 heteroatoms. The molecule has 3 fully saturated rings. The number of amides is 2. The molecule has 3 aromatic rings. The van der Waals surface area contributed by atoms with Crippen LogP contribution in [0.4, 0.5) is 35.1 Å². The van der Waals surface area contributed by atoms with E-state index in [9.17, 15) is 44.7 Å². The molecule has 5 heterocycles. The lowest BCUT2D eigenvalue weighted by atomic mass is 9.81. The molecule has 6 rings (SSSR count). The van der Waals surface area contributed by atoms with Gasteiger partial charge in [0.25, 0.3) is 11.7 Å². The molecule has 3 aliphatic rings. The quantitative estimate of drug-likeness (QED) is 0.318. The highest BCUT2D eigenvalue weighted by Gasteiger charge is 2.45. The fourth-order valence-electron chi connectivity index (χ4n) is 6.90. The van der Waals surface area contributed by atoms with Crippen molar-refractivity contribution in [1.82, 2.24) is 40.0 Å². The first-order chi connectivity index (χ1) is 23.1. The highest BCUT2D eigenvalue weighted by Crippen LogP contribution is 2.42. The lowest BCUT2D eigenvalue weighted by Gasteiger charge is -2.33. The summed E-state index contributed by atoms with van der Waals surface area (Å²) < 4.78 is 116. The molecular weight excluding hydrogens is 672 g/mol. The van der Waals surface area contributed by atoms with Crippen molar-refractivity contribution < 1.29 is 49.4 Å². The van der Waals surface area contributed by atoms with E-state index in [1.807, 2.05) is 0 Å². The summed E-state index contributed by atoms with van der Waals surface area (Å²) >= 11 is 0. The Kier molecular flexibility index (Phi) is 9.58. The van der Waals surface area contributed by atoms with Crippen LogP contribution in [0.1, 0.15) is 84.5 Å². The minimum Gasteiger partial charge on any atom is -0.381 e. The van der Waals surface area contributed by atoms with Gasteiger partial charge in [0.2, 0.25) is 11.8 Å². The molecule has 2 saturated heterocycles. The standard InChI is InChI=1S/C30H34F8N8O3/c31-28(32)6-1-16(2-7-28)24(42-26(48)22-3-8-40-46(22)15-29(33,34)35)21-14-45-27(41-21)43-23(17-4-9-49-10-5-17)20(44-45)12-18-11-19(30(36,37)38)13-39-25(18)47/h3,8,14,16-19,24H,1-2,4-7,9-13,15H2,(H,39,47)(H,42,48)/t18-,19-,24+/m1/s1. The van der Waals surface area contributed by atoms with Gasteiger partial charge < -0.3 is 15.4 Å². The molecule has 49 heavy (non-hydrogen) atoms. The van der Waals surface area contributed by atoms with E-state index in [0.29, 0.717) is 42.1 Å². The van der Waals surface area contributed by atoms with Crippen molar-refractivity contribution >= 4 is 17.6 Å². The maximum atomic E-state index is 14.1. The fraction of sp³-hybridized carbons (Fsp3) is 0.667. The van der Waals surface area contributed by atoms with Crippen LogP contribution in [0.3, 0.4) is 0 Å². The van der Waals surface area contributed by atoms with Gasteiger partial charge in [-0.05, 0) is 44.1 Å². The molecule has 0 aromatic carbocycles. The van der Waals surface area contributed by atoms with Gasteiger partial charge in [-0.25, -0.2) is 23.3 Å². The van der Waals surface area contributed by atoms with Gasteiger partial charge in [0, 0.05) is 57.1 Å². The van der Waals surface area contributed by atoms with Crippen LogP contribution in [0.5, 0.6) is 0 Å². The van der Waals surface area contributed by atoms with E-state index in [0.717, 1.165) is 12.3 Å². The summed E-state index contributed by atoms with van der Waals surface area (Å²) in [6.45, 7) is -1.23. The van der Waals surface area contributed by atoms with Gasteiger partial charge in [-0.3, -0.25) is 14.3 Å². The van der Waals surface area contributed by atoms with Gasteiger partial charge in [-0.15, -0.1) is 0 Å². The summed E-state index contributed by atoms with van der Waals surface area (Å²) in [7, 11) is 0. The van der Waals surface area contributed by atoms with Gasteiger partial charge in [0.15, 0.2) is 0 Å². The number of aromatic nitrogens is 6. The van der Waals surface area contributed by atoms with Crippen molar-refractivity contribution in [3.8, 4) is 0 Å². The highest BCUT2D eigenvalue weighted by molar-refractivity contribution is 5.92. The number of nitrogens with zero attached hydrogens (tertiary/aromatic N) is 6. The minimum absolute atomic E-state index is 0.0236. The van der Waals surface area contributed by atoms with Crippen molar-refractivity contribution in [2.24, 2.45) is 17.8 Å². The number of rotatable bonds is 8. The second-order valence-corrected chi connectivity index (χ2v) is 13.0. The Morgan fingerprint density at radius 3 is 2.47 bits per heavy atom. The summed E-state index contributed by atoms with van der Waals surface area (Å²) in [5.74, 6) is -7.85. The summed E-state index contributed by atoms with van der Waals surface area (Å²) in [6.07, 6.45) is -7.21. The lowest BCUT2D eigenvalue weighted by Crippen LogP contribution is -2.47. The molecule has 3 atom stereocenters. The number of carbonyl (C=O) groups is 2. The molecular formula is C30H34F8N8O3. The van der Waals surface area contributed by atoms with Crippen molar-refractivity contribution in [1.29, 1.82) is 0 Å². The average molecular weight is 707 g/mol. The number of halogens is 8. The van der Waals surface area contributed by atoms with Gasteiger partial charge >= 0.3 is 12.4 Å². The Labute approximate surface area is 274 Å². The van der Waals surface area contributed by atoms with Crippen LogP contribution in [0.25, 0.3) is 5.78 Å². The van der Waals surface area contributed by atoms with Gasteiger partial charge in [0.1, 0.15) is 12.2 Å². The maximum absolute atomic E-state index is 14.1. The first-order valence-electron chi connectivity index (χ1n) is 16.0. The number of ether oxygens (including phenoxy) is 1. The van der Waals surface area contributed by atoms with E-state index in [1.54, 1.807) is 0 Å². The maximum Gasteiger partial charge on any atom is 0.408 e. The second kappa shape index (κ2) is 13.4. The molecule has 1 aliphatic carbocycles. The van der Waals surface area contributed by atoms with Crippen LogP contribution in [0.2, 0.25) is 0 Å². The first kappa shape index (κ1) is 34.9. The van der Waals surface area contributed by atoms with Gasteiger partial charge in [-0.2, -0.15) is 36.5 Å². The van der Waals surface area contributed by atoms with Crippen LogP contribution in [0, 0.1) is 17.8 Å². The molecule has 0 unspecified atom stereocenters. The summed E-state index contributed by atoms with van der Waals surface area (Å²) in [5, 5.41) is 13.3. The number of imidazole rings is 1. The van der Waals surface area contributed by atoms with E-state index in [-0.39, 0.29) is 36.7 Å². The van der Waals surface area contributed by atoms with Crippen molar-refractivity contribution in [2.75, 3.05) is 19.8 Å². The average Bonchev–Trinajstić information content (AvgIpc) is 3.66. The van der Waals surface area contributed by atoms with E-state index in [1.165, 1.54) is 10.7 Å². The Balaban J connectivity index is 1.35. The van der Waals surface area contributed by atoms with Crippen LogP contribution in [-0.2, 0) is 22.5 Å². The number of hydrogen-bond donors (Lipinski definition) is 2. The summed E-state index contributed by atoms with van der Waals surface area (Å²) in [5.41, 5.74) is 0.507. The van der Waals surface area contributed by atoms with Crippen molar-refractivity contribution in [3.63, 3.8) is 0 Å². The number of hydrogen-bond acceptors (Lipinski definition) is 7. The molecule has 2 amide bonds. The topological polar surface area (TPSA) is 128 Å². The monoisotopic (exact) mass is 706 g/mol. The Hall–Kier alpha value is -3.90. The minimum atomic E-state index is -4.67. The number of piperidine rings is 1. The highest BCUT2D eigenvalue weighted by atomic mass is 19.4. The molecule has 0 bridgehead atoms. The molecule has 268 valence electrons. The fourth-order valence-corrected chi connectivity index (χ4v) is 6.90. The zero-order chi connectivity index (χ0) is 35.1. The number of carbonyl (C=O) groups excluding carboxylic acids is 2. The number of fused-ring (bicyclic) bond motifs is 1. The summed E-state index contributed by atoms with van der Waals surface area (Å²) in [4.78, 5) is 35.4. The Morgan fingerprint density at radius 2 is 1.80 bits per heavy atom. The van der Waals surface area contributed by atoms with Crippen LogP contribution in [0.15, 0.2) is 18.5 Å². The third-order valence-electron chi connectivity index (χ3n) is 9.52. The number of alkyl halides is 8. The van der Waals surface area contributed by atoms with E-state index in [4.69, 9.17) is 9.72 Å². The van der Waals surface area contributed by atoms with Crippen molar-refractivity contribution in [2.45, 2.75) is 88.1 Å². The Bertz CT molecular complexity index is 1660. The molecule has 2 N–H and O–H groups in total. The van der Waals surface area contributed by atoms with Crippen molar-refractivity contribution in [3.05, 3.63) is 41.2 Å². The third-order valence-corrected chi connectivity index (χ3v) is 9.52. The molecule has 11 nitrogen and oxygen atoms in total. The van der Waals surface area contributed by atoms with E-state index >= 15 is 0 Å². The van der Waals surface area contributed by atoms with Crippen LogP contribution < -0.4 is 10.6 Å². The molecule has 2 aliphatic heterocycles. The van der Waals surface area contributed by atoms with Crippen LogP contribution >= 0.6 is 0 Å². The molecule has 0 spiro atoms. The first-order valence-corrected chi connectivity index (χ1v) is 16.0. The van der Waals surface area contributed by atoms with Crippen LogP contribution in [-0.4, -0.2) is 79.2 Å². The smallest absolute Gasteiger partial charge is 0.381 e. The second-order valence-electron chi connectivity index (χ2n) is 13.0. The zero-order valence-electron chi connectivity index (χ0n) is 26.0. The lowest BCUT2D eigenvalue weighted by molar-refractivity contribution is -0.183. The Morgan fingerprint density at radius 1 is 1.08 bits per heavy atom.